The molecule has 4 nitrogen and oxygen atoms in total. The fraction of sp³-hybridized carbons (Fsp3) is 0.538. The molecule has 0 amide bonds. The zero-order valence-electron chi connectivity index (χ0n) is 10.5. The van der Waals surface area contributed by atoms with Crippen molar-refractivity contribution < 1.29 is 9.84 Å². The van der Waals surface area contributed by atoms with Crippen molar-refractivity contribution in [3.8, 4) is 5.75 Å². The van der Waals surface area contributed by atoms with Crippen LogP contribution in [0.4, 0.5) is 0 Å². The molecule has 4 heteroatoms. The number of rotatable bonds is 7. The van der Waals surface area contributed by atoms with E-state index in [4.69, 9.17) is 15.6 Å². The van der Waals surface area contributed by atoms with E-state index in [9.17, 15) is 0 Å². The summed E-state index contributed by atoms with van der Waals surface area (Å²) in [5.74, 6) is 0.849. The molecule has 4 N–H and O–H groups in total. The third-order valence-electron chi connectivity index (χ3n) is 2.37. The molecule has 0 bridgehead atoms. The van der Waals surface area contributed by atoms with Gasteiger partial charge in [0, 0.05) is 19.1 Å². The topological polar surface area (TPSA) is 67.5 Å². The van der Waals surface area contributed by atoms with Crippen LogP contribution in [0.15, 0.2) is 24.3 Å². The minimum absolute atomic E-state index is 0.0536. The molecule has 1 unspecified atom stereocenters. The van der Waals surface area contributed by atoms with Crippen LogP contribution in [0.3, 0.4) is 0 Å². The van der Waals surface area contributed by atoms with Crippen LogP contribution in [0.5, 0.6) is 5.75 Å². The molecule has 0 heterocycles. The smallest absolute Gasteiger partial charge is 0.120 e. The van der Waals surface area contributed by atoms with Crippen molar-refractivity contribution in [3.63, 3.8) is 0 Å². The van der Waals surface area contributed by atoms with E-state index in [-0.39, 0.29) is 18.8 Å². The second-order valence-corrected chi connectivity index (χ2v) is 4.21. The molecule has 0 aromatic heterocycles. The largest absolute Gasteiger partial charge is 0.491 e. The maximum atomic E-state index is 8.80. The first-order valence-electron chi connectivity index (χ1n) is 5.98. The van der Waals surface area contributed by atoms with Crippen LogP contribution >= 0.6 is 0 Å². The molecule has 1 aromatic carbocycles. The van der Waals surface area contributed by atoms with Crippen LogP contribution in [0.25, 0.3) is 0 Å². The van der Waals surface area contributed by atoms with Gasteiger partial charge in [-0.1, -0.05) is 12.1 Å². The van der Waals surface area contributed by atoms with Gasteiger partial charge in [0.05, 0.1) is 12.7 Å². The Balaban J connectivity index is 2.73. The lowest BCUT2D eigenvalue weighted by atomic mass is 10.1. The van der Waals surface area contributed by atoms with Crippen molar-refractivity contribution in [1.82, 2.24) is 5.32 Å². The second kappa shape index (κ2) is 7.27. The highest BCUT2D eigenvalue weighted by atomic mass is 16.5. The lowest BCUT2D eigenvalue weighted by molar-refractivity contribution is 0.242. The Morgan fingerprint density at radius 1 is 1.41 bits per heavy atom. The second-order valence-electron chi connectivity index (χ2n) is 4.21. The minimum atomic E-state index is 0.0536. The van der Waals surface area contributed by atoms with Gasteiger partial charge in [-0.3, -0.25) is 0 Å². The summed E-state index contributed by atoms with van der Waals surface area (Å²) >= 11 is 0. The number of ether oxygens (including phenoxy) is 1. The average molecular weight is 238 g/mol. The van der Waals surface area contributed by atoms with Crippen LogP contribution in [-0.4, -0.2) is 30.9 Å². The lowest BCUT2D eigenvalue weighted by Gasteiger charge is -2.18. The highest BCUT2D eigenvalue weighted by molar-refractivity contribution is 5.31. The third-order valence-corrected chi connectivity index (χ3v) is 2.37. The number of hydrogen-bond donors (Lipinski definition) is 3. The van der Waals surface area contributed by atoms with Gasteiger partial charge in [-0.05, 0) is 31.5 Å². The van der Waals surface area contributed by atoms with Gasteiger partial charge in [-0.2, -0.15) is 0 Å². The number of hydrogen-bond acceptors (Lipinski definition) is 4. The first-order chi connectivity index (χ1) is 8.17. The number of aliphatic hydroxyl groups is 1. The Morgan fingerprint density at radius 2 is 2.18 bits per heavy atom. The molecule has 0 aliphatic rings. The molecule has 96 valence electrons. The van der Waals surface area contributed by atoms with Crippen LogP contribution in [0.2, 0.25) is 0 Å². The summed E-state index contributed by atoms with van der Waals surface area (Å²) in [5, 5.41) is 12.0. The van der Waals surface area contributed by atoms with E-state index in [1.54, 1.807) is 0 Å². The molecule has 0 saturated heterocycles. The molecule has 0 aliphatic heterocycles. The normalized spacial score (nSPS) is 12.8. The summed E-state index contributed by atoms with van der Waals surface area (Å²) in [6, 6.07) is 7.94. The maximum Gasteiger partial charge on any atom is 0.120 e. The molecule has 0 saturated carbocycles. The Morgan fingerprint density at radius 3 is 2.76 bits per heavy atom. The molecule has 1 aromatic rings. The number of benzene rings is 1. The summed E-state index contributed by atoms with van der Waals surface area (Å²) in [7, 11) is 0. The zero-order chi connectivity index (χ0) is 12.7. The highest BCUT2D eigenvalue weighted by Gasteiger charge is 2.09. The van der Waals surface area contributed by atoms with E-state index in [1.165, 1.54) is 0 Å². The first kappa shape index (κ1) is 14.0. The fourth-order valence-electron chi connectivity index (χ4n) is 1.65. The van der Waals surface area contributed by atoms with E-state index in [0.29, 0.717) is 13.1 Å². The zero-order valence-corrected chi connectivity index (χ0v) is 10.5. The standard InChI is InChI=1S/C13H22N2O2/c1-10(2)17-12-5-3-4-11(8-12)13(9-14)15-6-7-16/h3-5,8,10,13,15-16H,6-7,9,14H2,1-2H3. The molecular formula is C13H22N2O2. The Labute approximate surface area is 103 Å². The minimum Gasteiger partial charge on any atom is -0.491 e. The van der Waals surface area contributed by atoms with Crippen molar-refractivity contribution in [1.29, 1.82) is 0 Å². The third kappa shape index (κ3) is 4.73. The number of aliphatic hydroxyl groups excluding tert-OH is 1. The summed E-state index contributed by atoms with van der Waals surface area (Å²) in [6.07, 6.45) is 0.159. The molecule has 0 spiro atoms. The highest BCUT2D eigenvalue weighted by Crippen LogP contribution is 2.19. The molecule has 0 fully saturated rings. The van der Waals surface area contributed by atoms with Gasteiger partial charge in [0.1, 0.15) is 5.75 Å². The van der Waals surface area contributed by atoms with Gasteiger partial charge >= 0.3 is 0 Å². The number of nitrogens with two attached hydrogens (primary N) is 1. The molecule has 1 rings (SSSR count). The molecule has 17 heavy (non-hydrogen) atoms. The van der Waals surface area contributed by atoms with Gasteiger partial charge in [-0.25, -0.2) is 0 Å². The molecule has 0 aliphatic carbocycles. The Bertz CT molecular complexity index is 329. The van der Waals surface area contributed by atoms with Crippen LogP contribution in [0, 0.1) is 0 Å². The van der Waals surface area contributed by atoms with Gasteiger partial charge in [-0.15, -0.1) is 0 Å². The Hall–Kier alpha value is -1.10. The van der Waals surface area contributed by atoms with E-state index in [2.05, 4.69) is 5.32 Å². The lowest BCUT2D eigenvalue weighted by Crippen LogP contribution is -2.30. The van der Waals surface area contributed by atoms with Gasteiger partial charge in [0.2, 0.25) is 0 Å². The van der Waals surface area contributed by atoms with Crippen molar-refractivity contribution in [3.05, 3.63) is 29.8 Å². The predicted octanol–water partition coefficient (Wildman–Crippen LogP) is 1.06. The van der Waals surface area contributed by atoms with Gasteiger partial charge in [0.15, 0.2) is 0 Å². The molecule has 1 atom stereocenters. The fourth-order valence-corrected chi connectivity index (χ4v) is 1.65. The Kier molecular flexibility index (Phi) is 5.97. The quantitative estimate of drug-likeness (QED) is 0.664. The van der Waals surface area contributed by atoms with E-state index >= 15 is 0 Å². The molecule has 0 radical (unpaired) electrons. The summed E-state index contributed by atoms with van der Waals surface area (Å²) in [4.78, 5) is 0. The number of nitrogens with one attached hydrogen (secondary N) is 1. The molecular weight excluding hydrogens is 216 g/mol. The monoisotopic (exact) mass is 238 g/mol. The van der Waals surface area contributed by atoms with Crippen molar-refractivity contribution >= 4 is 0 Å². The SMILES string of the molecule is CC(C)Oc1cccc(C(CN)NCCO)c1. The van der Waals surface area contributed by atoms with Gasteiger partial charge in [0.25, 0.3) is 0 Å². The average Bonchev–Trinajstić information content (AvgIpc) is 2.30. The van der Waals surface area contributed by atoms with Crippen molar-refractivity contribution in [2.24, 2.45) is 5.73 Å². The first-order valence-corrected chi connectivity index (χ1v) is 5.98. The maximum absolute atomic E-state index is 8.80. The van der Waals surface area contributed by atoms with Crippen molar-refractivity contribution in [2.45, 2.75) is 26.0 Å². The van der Waals surface area contributed by atoms with E-state index in [0.717, 1.165) is 11.3 Å². The van der Waals surface area contributed by atoms with Crippen molar-refractivity contribution in [2.75, 3.05) is 19.7 Å². The summed E-state index contributed by atoms with van der Waals surface area (Å²) in [6.45, 7) is 5.13. The van der Waals surface area contributed by atoms with Gasteiger partial charge < -0.3 is 20.9 Å². The van der Waals surface area contributed by atoms with Crippen LogP contribution in [-0.2, 0) is 0 Å². The van der Waals surface area contributed by atoms with E-state index < -0.39 is 0 Å². The van der Waals surface area contributed by atoms with E-state index in [1.807, 2.05) is 38.1 Å². The predicted molar refractivity (Wildman–Crippen MR) is 69.1 cm³/mol. The van der Waals surface area contributed by atoms with Crippen LogP contribution < -0.4 is 15.8 Å². The summed E-state index contributed by atoms with van der Waals surface area (Å²) < 4.78 is 5.64. The van der Waals surface area contributed by atoms with Crippen LogP contribution in [0.1, 0.15) is 25.5 Å². The summed E-state index contributed by atoms with van der Waals surface area (Å²) in [5.41, 5.74) is 6.79.